The van der Waals surface area contributed by atoms with E-state index in [0.717, 1.165) is 0 Å². The largest absolute Gasteiger partial charge is 0.486 e. The van der Waals surface area contributed by atoms with E-state index in [1.165, 1.54) is 0 Å². The van der Waals surface area contributed by atoms with Gasteiger partial charge < -0.3 is 9.15 Å². The fraction of sp³-hybridized carbons (Fsp3) is 0.222. The number of hydrogen-bond donors (Lipinski definition) is 0. The summed E-state index contributed by atoms with van der Waals surface area (Å²) in [4.78, 5) is 24.9. The number of Topliss-reactive ketones (excluding diaryl/α,β-unsaturated/α-hetero) is 1. The molecule has 0 amide bonds. The fourth-order valence-corrected chi connectivity index (χ4v) is 2.95. The van der Waals surface area contributed by atoms with E-state index < -0.39 is 5.60 Å². The number of rotatable bonds is 0. The van der Waals surface area contributed by atoms with Crippen molar-refractivity contribution in [3.63, 3.8) is 0 Å². The van der Waals surface area contributed by atoms with Crippen molar-refractivity contribution in [2.24, 2.45) is 0 Å². The summed E-state index contributed by atoms with van der Waals surface area (Å²) in [5.41, 5.74) is 0.746. The van der Waals surface area contributed by atoms with Crippen molar-refractivity contribution in [2.45, 2.75) is 25.9 Å². The lowest BCUT2D eigenvalue weighted by Crippen LogP contribution is -2.35. The Balaban J connectivity index is 2.09. The Morgan fingerprint density at radius 2 is 1.77 bits per heavy atom. The molecule has 3 aromatic rings. The lowest BCUT2D eigenvalue weighted by Gasteiger charge is -2.31. The maximum absolute atomic E-state index is 12.6. The Hall–Kier alpha value is -2.62. The third-order valence-corrected chi connectivity index (χ3v) is 3.95. The van der Waals surface area contributed by atoms with Crippen LogP contribution in [0.25, 0.3) is 21.9 Å². The van der Waals surface area contributed by atoms with Crippen LogP contribution in [0.3, 0.4) is 0 Å². The van der Waals surface area contributed by atoms with Crippen molar-refractivity contribution in [3.05, 3.63) is 52.2 Å². The van der Waals surface area contributed by atoms with Crippen molar-refractivity contribution in [1.29, 1.82) is 0 Å². The molecule has 0 unspecified atom stereocenters. The first-order valence-corrected chi connectivity index (χ1v) is 7.16. The zero-order valence-corrected chi connectivity index (χ0v) is 12.3. The molecule has 0 spiro atoms. The summed E-state index contributed by atoms with van der Waals surface area (Å²) in [5.74, 6) is 0.466. The Labute approximate surface area is 126 Å². The predicted octanol–water partition coefficient (Wildman–Crippen LogP) is 3.69. The standard InChI is InChI=1S/C18H14O4/c1-18(2)9-13(19)11-7-12-15(8-16(11)22-18)21-14-6-4-3-5-10(14)17(12)20/h3-8H,9H2,1-2H3. The zero-order chi connectivity index (χ0) is 15.5. The van der Waals surface area contributed by atoms with Gasteiger partial charge in [-0.05, 0) is 32.0 Å². The normalized spacial score (nSPS) is 16.5. The van der Waals surface area contributed by atoms with Gasteiger partial charge in [-0.15, -0.1) is 0 Å². The number of carbonyl (C=O) groups excluding carboxylic acids is 1. The molecule has 0 saturated heterocycles. The van der Waals surface area contributed by atoms with E-state index in [1.54, 1.807) is 30.3 Å². The lowest BCUT2D eigenvalue weighted by molar-refractivity contribution is 0.0621. The summed E-state index contributed by atoms with van der Waals surface area (Å²) < 4.78 is 11.7. The van der Waals surface area contributed by atoms with E-state index in [1.807, 2.05) is 19.9 Å². The highest BCUT2D eigenvalue weighted by atomic mass is 16.5. The molecular formula is C18H14O4. The molecule has 1 aliphatic rings. The average molecular weight is 294 g/mol. The van der Waals surface area contributed by atoms with Gasteiger partial charge >= 0.3 is 0 Å². The van der Waals surface area contributed by atoms with Crippen molar-refractivity contribution in [3.8, 4) is 5.75 Å². The molecule has 0 fully saturated rings. The highest BCUT2D eigenvalue weighted by molar-refractivity contribution is 6.04. The first kappa shape index (κ1) is 13.1. The second kappa shape index (κ2) is 4.19. The van der Waals surface area contributed by atoms with Gasteiger partial charge in [-0.2, -0.15) is 0 Å². The molecule has 0 saturated carbocycles. The van der Waals surface area contributed by atoms with E-state index in [4.69, 9.17) is 9.15 Å². The van der Waals surface area contributed by atoms with Gasteiger partial charge in [0.2, 0.25) is 5.43 Å². The highest BCUT2D eigenvalue weighted by Crippen LogP contribution is 2.35. The molecule has 0 N–H and O–H groups in total. The molecule has 1 aromatic heterocycles. The van der Waals surface area contributed by atoms with E-state index in [9.17, 15) is 9.59 Å². The number of benzene rings is 2. The van der Waals surface area contributed by atoms with Gasteiger partial charge in [0.05, 0.1) is 22.8 Å². The quantitative estimate of drug-likeness (QED) is 0.593. The minimum Gasteiger partial charge on any atom is -0.486 e. The number of carbonyl (C=O) groups is 1. The zero-order valence-electron chi connectivity index (χ0n) is 12.3. The molecule has 4 heteroatoms. The molecule has 0 atom stereocenters. The van der Waals surface area contributed by atoms with Crippen molar-refractivity contribution in [2.75, 3.05) is 0 Å². The van der Waals surface area contributed by atoms with E-state index in [2.05, 4.69) is 0 Å². The van der Waals surface area contributed by atoms with Crippen LogP contribution in [0.15, 0.2) is 45.6 Å². The van der Waals surface area contributed by atoms with Crippen molar-refractivity contribution in [1.82, 2.24) is 0 Å². The fourth-order valence-electron chi connectivity index (χ4n) is 2.95. The molecule has 0 bridgehead atoms. The van der Waals surface area contributed by atoms with Crippen LogP contribution in [0, 0.1) is 0 Å². The van der Waals surface area contributed by atoms with Gasteiger partial charge in [0, 0.05) is 6.07 Å². The smallest absolute Gasteiger partial charge is 0.200 e. The average Bonchev–Trinajstić information content (AvgIpc) is 2.45. The van der Waals surface area contributed by atoms with Crippen LogP contribution in [0.5, 0.6) is 5.75 Å². The van der Waals surface area contributed by atoms with E-state index in [-0.39, 0.29) is 11.2 Å². The van der Waals surface area contributed by atoms with Crippen LogP contribution >= 0.6 is 0 Å². The predicted molar refractivity (Wildman–Crippen MR) is 83.6 cm³/mol. The van der Waals surface area contributed by atoms with Gasteiger partial charge in [-0.1, -0.05) is 12.1 Å². The van der Waals surface area contributed by atoms with Crippen LogP contribution in [0.1, 0.15) is 30.6 Å². The van der Waals surface area contributed by atoms with Crippen molar-refractivity contribution < 1.29 is 13.9 Å². The summed E-state index contributed by atoms with van der Waals surface area (Å²) in [6, 6.07) is 10.3. The van der Waals surface area contributed by atoms with E-state index in [0.29, 0.717) is 39.7 Å². The molecule has 0 radical (unpaired) electrons. The maximum atomic E-state index is 12.6. The third kappa shape index (κ3) is 1.84. The molecule has 4 rings (SSSR count). The number of fused-ring (bicyclic) bond motifs is 3. The lowest BCUT2D eigenvalue weighted by atomic mass is 9.92. The minimum absolute atomic E-state index is 0.0132. The monoisotopic (exact) mass is 294 g/mol. The van der Waals surface area contributed by atoms with Gasteiger partial charge in [0.1, 0.15) is 22.5 Å². The second-order valence-corrected chi connectivity index (χ2v) is 6.23. The second-order valence-electron chi connectivity index (χ2n) is 6.23. The van der Waals surface area contributed by atoms with Gasteiger partial charge in [-0.25, -0.2) is 0 Å². The van der Waals surface area contributed by atoms with Crippen LogP contribution in [0.4, 0.5) is 0 Å². The molecular weight excluding hydrogens is 280 g/mol. The summed E-state index contributed by atoms with van der Waals surface area (Å²) >= 11 is 0. The molecule has 0 aliphatic carbocycles. The summed E-state index contributed by atoms with van der Waals surface area (Å²) in [6.45, 7) is 3.74. The Bertz CT molecular complexity index is 995. The summed E-state index contributed by atoms with van der Waals surface area (Å²) in [6.07, 6.45) is 0.296. The Morgan fingerprint density at radius 1 is 1.00 bits per heavy atom. The summed E-state index contributed by atoms with van der Waals surface area (Å²) in [7, 11) is 0. The van der Waals surface area contributed by atoms with Crippen LogP contribution in [0.2, 0.25) is 0 Å². The molecule has 2 aromatic carbocycles. The number of hydrogen-bond acceptors (Lipinski definition) is 4. The van der Waals surface area contributed by atoms with Crippen LogP contribution < -0.4 is 10.2 Å². The SMILES string of the molecule is CC1(C)CC(=O)c2cc3c(=O)c4ccccc4oc3cc2O1. The number of ether oxygens (including phenoxy) is 1. The van der Waals surface area contributed by atoms with Gasteiger partial charge in [-0.3, -0.25) is 9.59 Å². The Morgan fingerprint density at radius 3 is 2.59 bits per heavy atom. The topological polar surface area (TPSA) is 56.5 Å². The van der Waals surface area contributed by atoms with Crippen LogP contribution in [-0.2, 0) is 0 Å². The first-order chi connectivity index (χ1) is 10.4. The number of ketones is 1. The Kier molecular flexibility index (Phi) is 2.49. The third-order valence-electron chi connectivity index (χ3n) is 3.95. The van der Waals surface area contributed by atoms with Crippen LogP contribution in [-0.4, -0.2) is 11.4 Å². The first-order valence-electron chi connectivity index (χ1n) is 7.16. The summed E-state index contributed by atoms with van der Waals surface area (Å²) in [5, 5.41) is 0.925. The molecule has 4 nitrogen and oxygen atoms in total. The van der Waals surface area contributed by atoms with Gasteiger partial charge in [0.15, 0.2) is 5.78 Å². The maximum Gasteiger partial charge on any atom is 0.200 e. The minimum atomic E-state index is -0.547. The van der Waals surface area contributed by atoms with E-state index >= 15 is 0 Å². The van der Waals surface area contributed by atoms with Gasteiger partial charge in [0.25, 0.3) is 0 Å². The highest BCUT2D eigenvalue weighted by Gasteiger charge is 2.33. The number of para-hydroxylation sites is 1. The molecule has 1 aliphatic heterocycles. The molecule has 110 valence electrons. The van der Waals surface area contributed by atoms with Crippen molar-refractivity contribution >= 4 is 27.7 Å². The molecule has 2 heterocycles. The molecule has 22 heavy (non-hydrogen) atoms.